The van der Waals surface area contributed by atoms with Gasteiger partial charge in [-0.15, -0.1) is 0 Å². The molecule has 0 aliphatic heterocycles. The number of nitrogens with zero attached hydrogens (tertiary/aromatic N) is 1. The zero-order chi connectivity index (χ0) is 21.3. The fourth-order valence-corrected chi connectivity index (χ4v) is 2.70. The smallest absolute Gasteiger partial charge is 0.338 e. The quantitative estimate of drug-likeness (QED) is 0.644. The van der Waals surface area contributed by atoms with Crippen LogP contribution in [0.2, 0.25) is 0 Å². The normalized spacial score (nSPS) is 11.5. The van der Waals surface area contributed by atoms with Crippen LogP contribution in [0.1, 0.15) is 45.0 Å². The molecule has 0 fully saturated rings. The van der Waals surface area contributed by atoms with Crippen molar-refractivity contribution in [2.24, 2.45) is 5.92 Å². The highest BCUT2D eigenvalue weighted by molar-refractivity contribution is 6.00. The number of amides is 2. The maximum atomic E-state index is 12.7. The van der Waals surface area contributed by atoms with Gasteiger partial charge < -0.3 is 14.8 Å². The number of benzene rings is 1. The fourth-order valence-electron chi connectivity index (χ4n) is 2.70. The Bertz CT molecular complexity index is 699. The van der Waals surface area contributed by atoms with E-state index in [2.05, 4.69) is 5.32 Å². The van der Waals surface area contributed by atoms with Gasteiger partial charge in [-0.3, -0.25) is 19.3 Å². The van der Waals surface area contributed by atoms with E-state index < -0.39 is 23.9 Å². The average Bonchev–Trinajstić information content (AvgIpc) is 2.64. The van der Waals surface area contributed by atoms with E-state index in [1.165, 1.54) is 24.0 Å². The van der Waals surface area contributed by atoms with Crippen molar-refractivity contribution in [1.82, 2.24) is 5.32 Å². The first-order valence-corrected chi connectivity index (χ1v) is 9.23. The SMILES string of the molecule is CCOC(=O)CNC(=O)C(C(C)C)N(C(C)=O)c1ccc(C(=O)OCC)cc1. The van der Waals surface area contributed by atoms with Crippen molar-refractivity contribution < 1.29 is 28.7 Å². The highest BCUT2D eigenvalue weighted by atomic mass is 16.5. The van der Waals surface area contributed by atoms with Crippen LogP contribution in [0.25, 0.3) is 0 Å². The van der Waals surface area contributed by atoms with Gasteiger partial charge in [0, 0.05) is 12.6 Å². The van der Waals surface area contributed by atoms with Gasteiger partial charge in [0.25, 0.3) is 0 Å². The van der Waals surface area contributed by atoms with Crippen LogP contribution in [0.15, 0.2) is 24.3 Å². The van der Waals surface area contributed by atoms with E-state index in [-0.39, 0.29) is 31.6 Å². The van der Waals surface area contributed by atoms with E-state index in [0.717, 1.165) is 0 Å². The second kappa shape index (κ2) is 11.1. The standard InChI is InChI=1S/C20H28N2O6/c1-6-27-17(24)12-21-19(25)18(13(3)4)22(14(5)23)16-10-8-15(9-11-16)20(26)28-7-2/h8-11,13,18H,6-7,12H2,1-5H3,(H,21,25). The summed E-state index contributed by atoms with van der Waals surface area (Å²) in [6, 6.07) is 5.41. The van der Waals surface area contributed by atoms with Crippen molar-refractivity contribution >= 4 is 29.4 Å². The molecule has 2 amide bonds. The third kappa shape index (κ3) is 6.37. The molecular weight excluding hydrogens is 364 g/mol. The highest BCUT2D eigenvalue weighted by Crippen LogP contribution is 2.23. The summed E-state index contributed by atoms with van der Waals surface area (Å²) in [5, 5.41) is 2.52. The first-order chi connectivity index (χ1) is 13.2. The van der Waals surface area contributed by atoms with Gasteiger partial charge >= 0.3 is 11.9 Å². The molecule has 0 spiro atoms. The molecule has 0 saturated carbocycles. The molecule has 1 N–H and O–H groups in total. The highest BCUT2D eigenvalue weighted by Gasteiger charge is 2.32. The third-order valence-electron chi connectivity index (χ3n) is 3.89. The van der Waals surface area contributed by atoms with Crippen LogP contribution in [0.3, 0.4) is 0 Å². The maximum absolute atomic E-state index is 12.7. The molecule has 8 nitrogen and oxygen atoms in total. The van der Waals surface area contributed by atoms with E-state index in [9.17, 15) is 19.2 Å². The van der Waals surface area contributed by atoms with E-state index in [1.54, 1.807) is 39.8 Å². The molecule has 1 rings (SSSR count). The molecule has 0 aliphatic carbocycles. The Morgan fingerprint density at radius 2 is 1.57 bits per heavy atom. The summed E-state index contributed by atoms with van der Waals surface area (Å²) in [6.45, 7) is 8.55. The minimum atomic E-state index is -0.833. The minimum absolute atomic E-state index is 0.217. The number of anilines is 1. The Labute approximate surface area is 165 Å². The summed E-state index contributed by atoms with van der Waals surface area (Å²) in [7, 11) is 0. The van der Waals surface area contributed by atoms with E-state index in [0.29, 0.717) is 11.3 Å². The lowest BCUT2D eigenvalue weighted by atomic mass is 10.00. The van der Waals surface area contributed by atoms with Crippen molar-refractivity contribution in [2.75, 3.05) is 24.7 Å². The molecule has 0 heterocycles. The first-order valence-electron chi connectivity index (χ1n) is 9.23. The van der Waals surface area contributed by atoms with Crippen molar-refractivity contribution in [3.05, 3.63) is 29.8 Å². The molecule has 0 saturated heterocycles. The number of hydrogen-bond acceptors (Lipinski definition) is 6. The maximum Gasteiger partial charge on any atom is 0.338 e. The van der Waals surface area contributed by atoms with Crippen LogP contribution < -0.4 is 10.2 Å². The molecule has 28 heavy (non-hydrogen) atoms. The van der Waals surface area contributed by atoms with Crippen LogP contribution in [-0.4, -0.2) is 49.6 Å². The summed E-state index contributed by atoms with van der Waals surface area (Å²) in [6.07, 6.45) is 0. The second-order valence-corrected chi connectivity index (χ2v) is 6.37. The van der Waals surface area contributed by atoms with Gasteiger partial charge in [-0.25, -0.2) is 4.79 Å². The molecule has 1 aromatic carbocycles. The van der Waals surface area contributed by atoms with E-state index in [1.807, 2.05) is 0 Å². The Hall–Kier alpha value is -2.90. The molecular formula is C20H28N2O6. The fraction of sp³-hybridized carbons (Fsp3) is 0.500. The lowest BCUT2D eigenvalue weighted by molar-refractivity contribution is -0.143. The number of nitrogens with one attached hydrogen (secondary N) is 1. The van der Waals surface area contributed by atoms with Crippen LogP contribution in [-0.2, 0) is 23.9 Å². The summed E-state index contributed by atoms with van der Waals surface area (Å²) in [5.41, 5.74) is 0.812. The second-order valence-electron chi connectivity index (χ2n) is 6.37. The average molecular weight is 392 g/mol. The zero-order valence-corrected chi connectivity index (χ0v) is 17.0. The van der Waals surface area contributed by atoms with Gasteiger partial charge in [0.2, 0.25) is 11.8 Å². The lowest BCUT2D eigenvalue weighted by Crippen LogP contribution is -2.53. The van der Waals surface area contributed by atoms with Crippen LogP contribution in [0, 0.1) is 5.92 Å². The molecule has 1 aromatic rings. The molecule has 0 bridgehead atoms. The van der Waals surface area contributed by atoms with Gasteiger partial charge in [-0.1, -0.05) is 13.8 Å². The Kier molecular flexibility index (Phi) is 9.14. The van der Waals surface area contributed by atoms with Crippen molar-refractivity contribution in [3.63, 3.8) is 0 Å². The van der Waals surface area contributed by atoms with Gasteiger partial charge in [-0.2, -0.15) is 0 Å². The first kappa shape index (κ1) is 23.1. The van der Waals surface area contributed by atoms with Crippen molar-refractivity contribution in [2.45, 2.75) is 40.7 Å². The third-order valence-corrected chi connectivity index (χ3v) is 3.89. The molecule has 0 aromatic heterocycles. The van der Waals surface area contributed by atoms with Gasteiger partial charge in [0.15, 0.2) is 0 Å². The van der Waals surface area contributed by atoms with Crippen molar-refractivity contribution in [3.8, 4) is 0 Å². The predicted molar refractivity (Wildman–Crippen MR) is 104 cm³/mol. The lowest BCUT2D eigenvalue weighted by Gasteiger charge is -2.32. The van der Waals surface area contributed by atoms with E-state index >= 15 is 0 Å². The van der Waals surface area contributed by atoms with E-state index in [4.69, 9.17) is 9.47 Å². The predicted octanol–water partition coefficient (Wildman–Crippen LogP) is 1.92. The molecule has 1 atom stereocenters. The van der Waals surface area contributed by atoms with Crippen LogP contribution >= 0.6 is 0 Å². The molecule has 8 heteroatoms. The summed E-state index contributed by atoms with van der Waals surface area (Å²) in [5.74, 6) is -2.04. The molecule has 1 unspecified atom stereocenters. The zero-order valence-electron chi connectivity index (χ0n) is 17.0. The number of hydrogen-bond donors (Lipinski definition) is 1. The van der Waals surface area contributed by atoms with Crippen LogP contribution in [0.4, 0.5) is 5.69 Å². The van der Waals surface area contributed by atoms with Crippen LogP contribution in [0.5, 0.6) is 0 Å². The Balaban J connectivity index is 3.07. The summed E-state index contributed by atoms with van der Waals surface area (Å²) >= 11 is 0. The number of carbonyl (C=O) groups excluding carboxylic acids is 4. The topological polar surface area (TPSA) is 102 Å². The van der Waals surface area contributed by atoms with Gasteiger partial charge in [0.1, 0.15) is 12.6 Å². The largest absolute Gasteiger partial charge is 0.465 e. The molecule has 154 valence electrons. The van der Waals surface area contributed by atoms with Gasteiger partial charge in [-0.05, 0) is 44.0 Å². The van der Waals surface area contributed by atoms with Gasteiger partial charge in [0.05, 0.1) is 18.8 Å². The molecule has 0 aliphatic rings. The Morgan fingerprint density at radius 3 is 2.04 bits per heavy atom. The Morgan fingerprint density at radius 1 is 1.00 bits per heavy atom. The minimum Gasteiger partial charge on any atom is -0.465 e. The summed E-state index contributed by atoms with van der Waals surface area (Å²) in [4.78, 5) is 49.7. The molecule has 0 radical (unpaired) electrons. The number of esters is 2. The number of ether oxygens (including phenoxy) is 2. The number of carbonyl (C=O) groups is 4. The number of rotatable bonds is 9. The van der Waals surface area contributed by atoms with Crippen molar-refractivity contribution in [1.29, 1.82) is 0 Å². The monoisotopic (exact) mass is 392 g/mol. The summed E-state index contributed by atoms with van der Waals surface area (Å²) < 4.78 is 9.75.